The van der Waals surface area contributed by atoms with E-state index in [-0.39, 0.29) is 24.0 Å². The summed E-state index contributed by atoms with van der Waals surface area (Å²) in [4.78, 5) is 18.6. The van der Waals surface area contributed by atoms with E-state index in [4.69, 9.17) is 4.74 Å². The van der Waals surface area contributed by atoms with Crippen molar-refractivity contribution in [1.82, 2.24) is 20.1 Å². The first-order valence-corrected chi connectivity index (χ1v) is 11.4. The lowest BCUT2D eigenvalue weighted by Gasteiger charge is -2.37. The van der Waals surface area contributed by atoms with E-state index in [2.05, 4.69) is 66.2 Å². The molecule has 0 saturated carbocycles. The van der Waals surface area contributed by atoms with Crippen LogP contribution in [0.4, 0.5) is 11.5 Å². The molecule has 0 aliphatic carbocycles. The number of methoxy groups -OCH3 is 1. The van der Waals surface area contributed by atoms with Gasteiger partial charge in [0.1, 0.15) is 11.6 Å². The van der Waals surface area contributed by atoms with E-state index in [1.54, 1.807) is 7.11 Å². The molecule has 0 atom stereocenters. The highest BCUT2D eigenvalue weighted by atomic mass is 127. The molecule has 0 spiro atoms. The van der Waals surface area contributed by atoms with E-state index >= 15 is 0 Å². The number of nitrogens with zero attached hydrogens (tertiary/aromatic N) is 6. The average Bonchev–Trinajstić information content (AvgIpc) is 2.85. The van der Waals surface area contributed by atoms with Crippen molar-refractivity contribution in [3.05, 3.63) is 48.2 Å². The number of hydrogen-bond acceptors (Lipinski definition) is 6. The van der Waals surface area contributed by atoms with Crippen LogP contribution in [0, 0.1) is 0 Å². The second-order valence-corrected chi connectivity index (χ2v) is 8.39. The van der Waals surface area contributed by atoms with Crippen molar-refractivity contribution < 1.29 is 4.74 Å². The van der Waals surface area contributed by atoms with Gasteiger partial charge in [0.15, 0.2) is 5.96 Å². The summed E-state index contributed by atoms with van der Waals surface area (Å²) in [6.45, 7) is 8.73. The number of halogens is 1. The second-order valence-electron chi connectivity index (χ2n) is 8.39. The SMILES string of the molecule is CN=C(NCc1ccnc(N2CCN(C)CC2)c1)N1CCN(c2cccc(OC)c2)CC1.I. The van der Waals surface area contributed by atoms with Crippen molar-refractivity contribution in [2.75, 3.05) is 83.4 Å². The van der Waals surface area contributed by atoms with E-state index in [1.807, 2.05) is 25.4 Å². The Kier molecular flexibility index (Phi) is 9.42. The third kappa shape index (κ3) is 6.63. The number of piperazine rings is 2. The number of anilines is 2. The molecule has 2 aliphatic rings. The number of hydrogen-bond donors (Lipinski definition) is 1. The Bertz CT molecular complexity index is 909. The van der Waals surface area contributed by atoms with Gasteiger partial charge in [-0.1, -0.05) is 6.07 Å². The van der Waals surface area contributed by atoms with E-state index in [9.17, 15) is 0 Å². The summed E-state index contributed by atoms with van der Waals surface area (Å²) >= 11 is 0. The molecule has 2 fully saturated rings. The summed E-state index contributed by atoms with van der Waals surface area (Å²) in [5.74, 6) is 2.92. The summed E-state index contributed by atoms with van der Waals surface area (Å²) in [5, 5.41) is 3.55. The molecule has 180 valence electrons. The molecule has 33 heavy (non-hydrogen) atoms. The van der Waals surface area contributed by atoms with Crippen LogP contribution in [0.2, 0.25) is 0 Å². The second kappa shape index (κ2) is 12.3. The number of benzene rings is 1. The van der Waals surface area contributed by atoms with Crippen LogP contribution < -0.4 is 19.9 Å². The van der Waals surface area contributed by atoms with Crippen molar-refractivity contribution in [3.8, 4) is 5.75 Å². The molecule has 2 aromatic rings. The molecule has 2 saturated heterocycles. The summed E-state index contributed by atoms with van der Waals surface area (Å²) in [7, 11) is 5.75. The van der Waals surface area contributed by atoms with Gasteiger partial charge in [-0.05, 0) is 36.9 Å². The smallest absolute Gasteiger partial charge is 0.194 e. The number of aromatic nitrogens is 1. The molecule has 1 N–H and O–H groups in total. The Morgan fingerprint density at radius 3 is 2.42 bits per heavy atom. The third-order valence-corrected chi connectivity index (χ3v) is 6.30. The lowest BCUT2D eigenvalue weighted by atomic mass is 10.2. The van der Waals surface area contributed by atoms with E-state index < -0.39 is 0 Å². The lowest BCUT2D eigenvalue weighted by Crippen LogP contribution is -2.52. The number of aliphatic imine (C=N–C) groups is 1. The largest absolute Gasteiger partial charge is 0.497 e. The molecule has 1 aromatic heterocycles. The van der Waals surface area contributed by atoms with Crippen molar-refractivity contribution in [2.24, 2.45) is 4.99 Å². The Hall–Kier alpha value is -2.27. The number of rotatable bonds is 5. The zero-order chi connectivity index (χ0) is 22.3. The van der Waals surface area contributed by atoms with Crippen LogP contribution in [-0.2, 0) is 6.54 Å². The minimum atomic E-state index is 0. The normalized spacial score (nSPS) is 17.5. The topological polar surface area (TPSA) is 59.5 Å². The molecular formula is C24H36IN7O. The highest BCUT2D eigenvalue weighted by molar-refractivity contribution is 14.0. The standard InChI is InChI=1S/C24H35N7O.HI/c1-25-24(31-15-13-29(14-16-31)21-5-4-6-22(18-21)32-3)27-19-20-7-8-26-23(17-20)30-11-9-28(2)10-12-30;/h4-8,17-18H,9-16,19H2,1-3H3,(H,25,27);1H. The summed E-state index contributed by atoms with van der Waals surface area (Å²) in [6, 6.07) is 12.6. The fourth-order valence-electron chi connectivity index (χ4n) is 4.28. The van der Waals surface area contributed by atoms with E-state index in [0.717, 1.165) is 76.4 Å². The molecule has 0 radical (unpaired) electrons. The molecule has 3 heterocycles. The summed E-state index contributed by atoms with van der Waals surface area (Å²) in [5.41, 5.74) is 2.44. The van der Waals surface area contributed by atoms with Crippen molar-refractivity contribution >= 4 is 41.4 Å². The van der Waals surface area contributed by atoms with Gasteiger partial charge >= 0.3 is 0 Å². The van der Waals surface area contributed by atoms with Gasteiger partial charge in [0.05, 0.1) is 7.11 Å². The van der Waals surface area contributed by atoms with Crippen LogP contribution in [0.25, 0.3) is 0 Å². The van der Waals surface area contributed by atoms with Crippen molar-refractivity contribution in [1.29, 1.82) is 0 Å². The maximum Gasteiger partial charge on any atom is 0.194 e. The van der Waals surface area contributed by atoms with Crippen molar-refractivity contribution in [3.63, 3.8) is 0 Å². The molecule has 1 aromatic carbocycles. The highest BCUT2D eigenvalue weighted by Gasteiger charge is 2.20. The van der Waals surface area contributed by atoms with Gasteiger partial charge in [-0.3, -0.25) is 4.99 Å². The number of guanidine groups is 1. The van der Waals surface area contributed by atoms with Crippen LogP contribution in [0.1, 0.15) is 5.56 Å². The maximum absolute atomic E-state index is 5.37. The van der Waals surface area contributed by atoms with Crippen LogP contribution in [-0.4, -0.2) is 94.3 Å². The molecular weight excluding hydrogens is 529 g/mol. The van der Waals surface area contributed by atoms with Gasteiger partial charge in [-0.25, -0.2) is 4.98 Å². The number of ether oxygens (including phenoxy) is 1. The van der Waals surface area contributed by atoms with Gasteiger partial charge in [0.25, 0.3) is 0 Å². The Morgan fingerprint density at radius 2 is 1.73 bits per heavy atom. The van der Waals surface area contributed by atoms with E-state index in [0.29, 0.717) is 0 Å². The fraction of sp³-hybridized carbons (Fsp3) is 0.500. The summed E-state index contributed by atoms with van der Waals surface area (Å²) < 4.78 is 5.37. The molecule has 4 rings (SSSR count). The predicted molar refractivity (Wildman–Crippen MR) is 146 cm³/mol. The van der Waals surface area contributed by atoms with Gasteiger partial charge < -0.3 is 29.7 Å². The zero-order valence-corrected chi connectivity index (χ0v) is 22.2. The maximum atomic E-state index is 5.37. The Morgan fingerprint density at radius 1 is 1.00 bits per heavy atom. The van der Waals surface area contributed by atoms with Crippen LogP contribution in [0.3, 0.4) is 0 Å². The Labute approximate surface area is 214 Å². The first-order valence-electron chi connectivity index (χ1n) is 11.4. The lowest BCUT2D eigenvalue weighted by molar-refractivity contribution is 0.312. The molecule has 0 amide bonds. The average molecular weight is 566 g/mol. The van der Waals surface area contributed by atoms with Gasteiger partial charge in [-0.2, -0.15) is 0 Å². The monoisotopic (exact) mass is 565 g/mol. The van der Waals surface area contributed by atoms with Gasteiger partial charge in [-0.15, -0.1) is 24.0 Å². The zero-order valence-electron chi connectivity index (χ0n) is 19.9. The molecule has 9 heteroatoms. The number of nitrogens with one attached hydrogen (secondary N) is 1. The van der Waals surface area contributed by atoms with Crippen LogP contribution in [0.15, 0.2) is 47.6 Å². The predicted octanol–water partition coefficient (Wildman–Crippen LogP) is 2.36. The molecule has 0 bridgehead atoms. The number of pyridine rings is 1. The molecule has 2 aliphatic heterocycles. The minimum absolute atomic E-state index is 0. The minimum Gasteiger partial charge on any atom is -0.497 e. The van der Waals surface area contributed by atoms with Crippen molar-refractivity contribution in [2.45, 2.75) is 6.54 Å². The van der Waals surface area contributed by atoms with Gasteiger partial charge in [0, 0.05) is 83.9 Å². The quantitative estimate of drug-likeness (QED) is 0.340. The van der Waals surface area contributed by atoms with Gasteiger partial charge in [0.2, 0.25) is 0 Å². The first kappa shape index (κ1) is 25.4. The molecule has 8 nitrogen and oxygen atoms in total. The first-order chi connectivity index (χ1) is 15.7. The highest BCUT2D eigenvalue weighted by Crippen LogP contribution is 2.22. The Balaban J connectivity index is 0.00000306. The summed E-state index contributed by atoms with van der Waals surface area (Å²) in [6.07, 6.45) is 1.92. The van der Waals surface area contributed by atoms with Crippen LogP contribution in [0.5, 0.6) is 5.75 Å². The van der Waals surface area contributed by atoms with E-state index in [1.165, 1.54) is 11.3 Å². The number of likely N-dealkylation sites (N-methyl/N-ethyl adjacent to an activating group) is 1. The fourth-order valence-corrected chi connectivity index (χ4v) is 4.28. The van der Waals surface area contributed by atoms with Crippen LogP contribution >= 0.6 is 24.0 Å². The molecule has 0 unspecified atom stereocenters. The third-order valence-electron chi connectivity index (χ3n) is 6.30.